The lowest BCUT2D eigenvalue weighted by Crippen LogP contribution is -2.25. The first-order valence-electron chi connectivity index (χ1n) is 7.27. The number of halogens is 1. The van der Waals surface area contributed by atoms with Gasteiger partial charge in [0.15, 0.2) is 24.7 Å². The molecule has 138 valence electrons. The molecule has 2 aromatic rings. The second kappa shape index (κ2) is 7.83. The molecule has 2 aliphatic heterocycles. The van der Waals surface area contributed by atoms with Crippen LogP contribution in [0.1, 0.15) is 7.43 Å². The number of hydrogen-bond acceptors (Lipinski definition) is 6. The lowest BCUT2D eigenvalue weighted by atomic mass is 10.2. The number of carbonyl (C=O) groups is 2. The minimum absolute atomic E-state index is 0. The summed E-state index contributed by atoms with van der Waals surface area (Å²) in [5, 5.41) is 5.74. The minimum atomic E-state index is -0.200. The monoisotopic (exact) mass is 378 g/mol. The van der Waals surface area contributed by atoms with Gasteiger partial charge >= 0.3 is 0 Å². The number of nitrogens with one attached hydrogen (secondary N) is 2. The zero-order valence-corrected chi connectivity index (χ0v) is 13.7. The van der Waals surface area contributed by atoms with Gasteiger partial charge in [0.1, 0.15) is 0 Å². The van der Waals surface area contributed by atoms with E-state index in [0.29, 0.717) is 39.3 Å². The fraction of sp³-hybridized carbons (Fsp3) is 0.176. The summed E-state index contributed by atoms with van der Waals surface area (Å²) >= 11 is 5.74. The van der Waals surface area contributed by atoms with Gasteiger partial charge in [-0.3, -0.25) is 9.59 Å². The molecule has 0 radical (unpaired) electrons. The highest BCUT2D eigenvalue weighted by Gasteiger charge is 2.19. The molecule has 2 amide bonds. The molecule has 2 aromatic carbocycles. The zero-order valence-electron chi connectivity index (χ0n) is 13.0. The molecule has 0 saturated heterocycles. The summed E-state index contributed by atoms with van der Waals surface area (Å²) in [5.74, 6) is 0.711. The van der Waals surface area contributed by atoms with Crippen molar-refractivity contribution in [1.82, 2.24) is 0 Å². The molecule has 0 unspecified atom stereocenters. The fourth-order valence-corrected chi connectivity index (χ4v) is 2.56. The van der Waals surface area contributed by atoms with Crippen molar-refractivity contribution in [2.75, 3.05) is 35.3 Å². The lowest BCUT2D eigenvalue weighted by molar-refractivity contribution is -0.119. The number of para-hydroxylation sites is 1. The molecule has 8 nitrogen and oxygen atoms in total. The minimum Gasteiger partial charge on any atom is -0.479 e. The van der Waals surface area contributed by atoms with E-state index in [-0.39, 0.29) is 32.5 Å². The van der Waals surface area contributed by atoms with Crippen LogP contribution >= 0.6 is 11.6 Å². The van der Waals surface area contributed by atoms with E-state index in [1.807, 2.05) is 0 Å². The van der Waals surface area contributed by atoms with Crippen LogP contribution in [0.15, 0.2) is 30.3 Å². The molecule has 0 aromatic heterocycles. The molecule has 0 saturated carbocycles. The Labute approximate surface area is 155 Å². The smallest absolute Gasteiger partial charge is 0.262 e. The van der Waals surface area contributed by atoms with Crippen LogP contribution in [0.5, 0.6) is 11.5 Å². The normalized spacial score (nSPS) is 13.9. The van der Waals surface area contributed by atoms with Crippen LogP contribution in [-0.4, -0.2) is 25.0 Å². The van der Waals surface area contributed by atoms with Crippen LogP contribution in [0.4, 0.5) is 22.7 Å². The Hall–Kier alpha value is -3.13. The second-order valence-electron chi connectivity index (χ2n) is 5.27. The van der Waals surface area contributed by atoms with Crippen molar-refractivity contribution in [3.05, 3.63) is 35.4 Å². The Kier molecular flexibility index (Phi) is 5.78. The van der Waals surface area contributed by atoms with Crippen molar-refractivity contribution >= 4 is 46.2 Å². The van der Waals surface area contributed by atoms with Gasteiger partial charge in [-0.1, -0.05) is 25.1 Å². The van der Waals surface area contributed by atoms with Crippen LogP contribution in [0, 0.1) is 0 Å². The summed E-state index contributed by atoms with van der Waals surface area (Å²) in [4.78, 5) is 21.8. The number of benzene rings is 2. The van der Waals surface area contributed by atoms with Gasteiger partial charge in [0.05, 0.1) is 22.7 Å². The Balaban J connectivity index is 0.000000180. The molecule has 26 heavy (non-hydrogen) atoms. The number of amides is 2. The third-order valence-electron chi connectivity index (χ3n) is 3.37. The van der Waals surface area contributed by atoms with Crippen LogP contribution in [0.2, 0.25) is 5.02 Å². The standard InChI is InChI=1S/C8H7ClN2O2.C8H8N2O2.CH4/c9-4-1-5(10)8-6(2-4)11-7(12)3-13-8;9-5-2-1-3-6-8(5)12-4-7(11)10-6;/h1-2H,3,10H2,(H,11,12);1-3H,4,9H2,(H,10,11);1H4. The van der Waals surface area contributed by atoms with E-state index < -0.39 is 0 Å². The third-order valence-corrected chi connectivity index (χ3v) is 3.59. The molecule has 2 aliphatic rings. The maximum atomic E-state index is 10.9. The third kappa shape index (κ3) is 4.09. The van der Waals surface area contributed by atoms with Crippen molar-refractivity contribution in [2.24, 2.45) is 0 Å². The zero-order chi connectivity index (χ0) is 18.0. The summed E-state index contributed by atoms with van der Waals surface area (Å²) in [5.41, 5.74) is 13.4. The Morgan fingerprint density at radius 2 is 1.46 bits per heavy atom. The topological polar surface area (TPSA) is 129 Å². The van der Waals surface area contributed by atoms with Crippen molar-refractivity contribution in [3.63, 3.8) is 0 Å². The number of rotatable bonds is 0. The van der Waals surface area contributed by atoms with Gasteiger partial charge in [0, 0.05) is 5.02 Å². The highest BCUT2D eigenvalue weighted by molar-refractivity contribution is 6.31. The number of fused-ring (bicyclic) bond motifs is 2. The summed E-state index contributed by atoms with van der Waals surface area (Å²) in [6.07, 6.45) is 0. The molecule has 0 bridgehead atoms. The predicted molar refractivity (Wildman–Crippen MR) is 102 cm³/mol. The van der Waals surface area contributed by atoms with Gasteiger partial charge in [-0.25, -0.2) is 0 Å². The summed E-state index contributed by atoms with van der Waals surface area (Å²) < 4.78 is 10.3. The van der Waals surface area contributed by atoms with Crippen LogP contribution in [0.25, 0.3) is 0 Å². The van der Waals surface area contributed by atoms with Crippen molar-refractivity contribution in [2.45, 2.75) is 7.43 Å². The number of carbonyl (C=O) groups excluding carboxylic acids is 2. The average molecular weight is 379 g/mol. The van der Waals surface area contributed by atoms with Gasteiger partial charge in [-0.05, 0) is 24.3 Å². The van der Waals surface area contributed by atoms with Crippen molar-refractivity contribution < 1.29 is 19.1 Å². The van der Waals surface area contributed by atoms with E-state index in [1.54, 1.807) is 30.3 Å². The molecular weight excluding hydrogens is 360 g/mol. The maximum Gasteiger partial charge on any atom is 0.262 e. The SMILES string of the molecule is C.Nc1cc(Cl)cc2c1OCC(=O)N2.Nc1cccc2c1OCC(=O)N2. The highest BCUT2D eigenvalue weighted by atomic mass is 35.5. The first-order valence-corrected chi connectivity index (χ1v) is 7.64. The number of nitrogens with two attached hydrogens (primary N) is 2. The van der Waals surface area contributed by atoms with E-state index in [0.717, 1.165) is 0 Å². The van der Waals surface area contributed by atoms with Crippen molar-refractivity contribution in [3.8, 4) is 11.5 Å². The Bertz CT molecular complexity index is 857. The fourth-order valence-electron chi connectivity index (χ4n) is 2.33. The largest absolute Gasteiger partial charge is 0.479 e. The molecule has 4 rings (SSSR count). The average Bonchev–Trinajstić information content (AvgIpc) is 2.54. The number of nitrogen functional groups attached to an aromatic ring is 2. The first-order chi connectivity index (χ1) is 11.9. The highest BCUT2D eigenvalue weighted by Crippen LogP contribution is 2.36. The summed E-state index contributed by atoms with van der Waals surface area (Å²) in [6.45, 7) is 0.0417. The van der Waals surface area contributed by atoms with Gasteiger partial charge in [-0.2, -0.15) is 0 Å². The molecule has 0 fully saturated rings. The van der Waals surface area contributed by atoms with Gasteiger partial charge in [-0.15, -0.1) is 0 Å². The van der Waals surface area contributed by atoms with E-state index in [9.17, 15) is 9.59 Å². The second-order valence-corrected chi connectivity index (χ2v) is 5.71. The van der Waals surface area contributed by atoms with Gasteiger partial charge in [0.2, 0.25) is 0 Å². The quantitative estimate of drug-likeness (QED) is 0.521. The van der Waals surface area contributed by atoms with Crippen LogP contribution in [0.3, 0.4) is 0 Å². The summed E-state index contributed by atoms with van der Waals surface area (Å²) in [7, 11) is 0. The van der Waals surface area contributed by atoms with E-state index in [4.69, 9.17) is 32.5 Å². The van der Waals surface area contributed by atoms with Crippen LogP contribution in [-0.2, 0) is 9.59 Å². The molecule has 9 heteroatoms. The predicted octanol–water partition coefficient (Wildman–Crippen LogP) is 2.49. The van der Waals surface area contributed by atoms with Gasteiger partial charge in [0.25, 0.3) is 11.8 Å². The van der Waals surface area contributed by atoms with E-state index in [1.165, 1.54) is 0 Å². The van der Waals surface area contributed by atoms with Crippen molar-refractivity contribution in [1.29, 1.82) is 0 Å². The Morgan fingerprint density at radius 3 is 2.12 bits per heavy atom. The molecule has 0 spiro atoms. The number of hydrogen-bond donors (Lipinski definition) is 4. The van der Waals surface area contributed by atoms with E-state index in [2.05, 4.69) is 10.6 Å². The molecule has 2 heterocycles. The number of anilines is 4. The van der Waals surface area contributed by atoms with Gasteiger partial charge < -0.3 is 31.6 Å². The number of ether oxygens (including phenoxy) is 2. The van der Waals surface area contributed by atoms with E-state index >= 15 is 0 Å². The first kappa shape index (κ1) is 19.2. The molecule has 0 aliphatic carbocycles. The molecular formula is C17H19ClN4O4. The van der Waals surface area contributed by atoms with Crippen LogP contribution < -0.4 is 31.6 Å². The molecule has 6 N–H and O–H groups in total. The molecule has 0 atom stereocenters. The maximum absolute atomic E-state index is 10.9. The lowest BCUT2D eigenvalue weighted by Gasteiger charge is -2.19. The Morgan fingerprint density at radius 1 is 0.885 bits per heavy atom. The summed E-state index contributed by atoms with van der Waals surface area (Å²) in [6, 6.07) is 8.43.